The average molecular weight is 216 g/mol. The maximum Gasteiger partial charge on any atom is 0.0107 e. The second kappa shape index (κ2) is 8.57. The Labute approximate surface area is 92.8 Å². The van der Waals surface area contributed by atoms with Crippen LogP contribution in [0.3, 0.4) is 0 Å². The van der Waals surface area contributed by atoms with Crippen LogP contribution in [0.5, 0.6) is 0 Å². The number of rotatable bonds is 7. The van der Waals surface area contributed by atoms with Gasteiger partial charge in [0.15, 0.2) is 0 Å². The minimum atomic E-state index is 1.17. The van der Waals surface area contributed by atoms with Gasteiger partial charge in [0.05, 0.1) is 0 Å². The molecule has 0 aromatic heterocycles. The van der Waals surface area contributed by atoms with Crippen molar-refractivity contribution in [3.8, 4) is 0 Å². The van der Waals surface area contributed by atoms with E-state index in [9.17, 15) is 0 Å². The van der Waals surface area contributed by atoms with E-state index in [1.54, 1.807) is 0 Å². The molecular formula is C11H24N2S. The molecule has 0 spiro atoms. The Kier molecular flexibility index (Phi) is 7.55. The monoisotopic (exact) mass is 216 g/mol. The number of thioether (sulfide) groups is 1. The van der Waals surface area contributed by atoms with Gasteiger partial charge in [-0.1, -0.05) is 19.8 Å². The molecule has 0 saturated carbocycles. The zero-order valence-corrected chi connectivity index (χ0v) is 10.2. The van der Waals surface area contributed by atoms with Crippen molar-refractivity contribution < 1.29 is 0 Å². The highest BCUT2D eigenvalue weighted by Gasteiger charge is 2.08. The molecule has 0 aliphatic carbocycles. The third kappa shape index (κ3) is 5.89. The molecule has 1 saturated heterocycles. The lowest BCUT2D eigenvalue weighted by molar-refractivity contribution is 0.301. The van der Waals surface area contributed by atoms with Crippen LogP contribution < -0.4 is 5.32 Å². The summed E-state index contributed by atoms with van der Waals surface area (Å²) in [4.78, 5) is 2.57. The fourth-order valence-corrected chi connectivity index (χ4v) is 2.67. The highest BCUT2D eigenvalue weighted by atomic mass is 32.2. The van der Waals surface area contributed by atoms with Crippen molar-refractivity contribution in [3.05, 3.63) is 0 Å². The Morgan fingerprint density at radius 2 is 1.93 bits per heavy atom. The van der Waals surface area contributed by atoms with Crippen molar-refractivity contribution in [2.45, 2.75) is 26.2 Å². The lowest BCUT2D eigenvalue weighted by atomic mass is 10.2. The van der Waals surface area contributed by atoms with Gasteiger partial charge in [0, 0.05) is 37.7 Å². The van der Waals surface area contributed by atoms with Gasteiger partial charge in [0.25, 0.3) is 0 Å². The van der Waals surface area contributed by atoms with E-state index in [1.807, 2.05) is 0 Å². The van der Waals surface area contributed by atoms with Crippen LogP contribution in [-0.4, -0.2) is 49.1 Å². The summed E-state index contributed by atoms with van der Waals surface area (Å²) in [5.41, 5.74) is 0. The predicted molar refractivity (Wildman–Crippen MR) is 66.2 cm³/mol. The molecule has 1 aliphatic rings. The second-order valence-electron chi connectivity index (χ2n) is 3.91. The van der Waals surface area contributed by atoms with Crippen molar-refractivity contribution in [1.82, 2.24) is 10.2 Å². The first kappa shape index (κ1) is 12.3. The van der Waals surface area contributed by atoms with E-state index in [-0.39, 0.29) is 0 Å². The third-order valence-corrected chi connectivity index (χ3v) is 3.61. The first-order valence-corrected chi connectivity index (χ1v) is 7.09. The largest absolute Gasteiger partial charge is 0.315 e. The molecule has 0 aromatic carbocycles. The van der Waals surface area contributed by atoms with Gasteiger partial charge in [-0.05, 0) is 13.0 Å². The molecule has 1 heterocycles. The quantitative estimate of drug-likeness (QED) is 0.654. The minimum absolute atomic E-state index is 1.17. The summed E-state index contributed by atoms with van der Waals surface area (Å²) in [7, 11) is 0. The van der Waals surface area contributed by atoms with Gasteiger partial charge in [0.2, 0.25) is 0 Å². The Morgan fingerprint density at radius 3 is 2.64 bits per heavy atom. The summed E-state index contributed by atoms with van der Waals surface area (Å²) in [6, 6.07) is 0. The fourth-order valence-electron chi connectivity index (χ4n) is 1.69. The van der Waals surface area contributed by atoms with E-state index in [4.69, 9.17) is 0 Å². The lowest BCUT2D eigenvalue weighted by Gasteiger charge is -2.26. The Hall–Kier alpha value is 0.270. The summed E-state index contributed by atoms with van der Waals surface area (Å²) >= 11 is 2.09. The molecule has 84 valence electrons. The number of unbranched alkanes of at least 4 members (excludes halogenated alkanes) is 2. The maximum absolute atomic E-state index is 3.52. The summed E-state index contributed by atoms with van der Waals surface area (Å²) < 4.78 is 0. The molecule has 1 N–H and O–H groups in total. The van der Waals surface area contributed by atoms with E-state index >= 15 is 0 Å². The van der Waals surface area contributed by atoms with Crippen LogP contribution in [0, 0.1) is 0 Å². The van der Waals surface area contributed by atoms with Crippen molar-refractivity contribution in [2.24, 2.45) is 0 Å². The van der Waals surface area contributed by atoms with Crippen LogP contribution in [0.4, 0.5) is 0 Å². The van der Waals surface area contributed by atoms with E-state index in [2.05, 4.69) is 28.9 Å². The lowest BCUT2D eigenvalue weighted by Crippen LogP contribution is -2.37. The van der Waals surface area contributed by atoms with E-state index < -0.39 is 0 Å². The molecule has 14 heavy (non-hydrogen) atoms. The van der Waals surface area contributed by atoms with E-state index in [1.165, 1.54) is 63.5 Å². The zero-order chi connectivity index (χ0) is 10.1. The van der Waals surface area contributed by atoms with Crippen LogP contribution >= 0.6 is 11.8 Å². The van der Waals surface area contributed by atoms with E-state index in [0.29, 0.717) is 0 Å². The molecule has 0 unspecified atom stereocenters. The SMILES string of the molecule is CCCCCNCCN1CCSCC1. The van der Waals surface area contributed by atoms with E-state index in [0.717, 1.165) is 0 Å². The molecule has 0 radical (unpaired) electrons. The maximum atomic E-state index is 3.52. The van der Waals surface area contributed by atoms with Gasteiger partial charge in [-0.15, -0.1) is 0 Å². The number of nitrogens with zero attached hydrogens (tertiary/aromatic N) is 1. The highest BCUT2D eigenvalue weighted by Crippen LogP contribution is 2.07. The first-order valence-electron chi connectivity index (χ1n) is 5.94. The van der Waals surface area contributed by atoms with Gasteiger partial charge in [-0.25, -0.2) is 0 Å². The van der Waals surface area contributed by atoms with Crippen LogP contribution in [0.15, 0.2) is 0 Å². The molecule has 1 aliphatic heterocycles. The fraction of sp³-hybridized carbons (Fsp3) is 1.00. The van der Waals surface area contributed by atoms with Gasteiger partial charge in [-0.2, -0.15) is 11.8 Å². The van der Waals surface area contributed by atoms with Crippen LogP contribution in [0.25, 0.3) is 0 Å². The normalized spacial score (nSPS) is 18.6. The minimum Gasteiger partial charge on any atom is -0.315 e. The van der Waals surface area contributed by atoms with Crippen LogP contribution in [-0.2, 0) is 0 Å². The van der Waals surface area contributed by atoms with Crippen molar-refractivity contribution in [2.75, 3.05) is 44.2 Å². The van der Waals surface area contributed by atoms with Crippen molar-refractivity contribution in [3.63, 3.8) is 0 Å². The van der Waals surface area contributed by atoms with Crippen LogP contribution in [0.1, 0.15) is 26.2 Å². The molecule has 0 atom stereocenters. The third-order valence-electron chi connectivity index (χ3n) is 2.67. The number of nitrogens with one attached hydrogen (secondary N) is 1. The Bertz CT molecular complexity index is 124. The predicted octanol–water partition coefficient (Wildman–Crippen LogP) is 1.81. The molecular weight excluding hydrogens is 192 g/mol. The van der Waals surface area contributed by atoms with Crippen molar-refractivity contribution in [1.29, 1.82) is 0 Å². The van der Waals surface area contributed by atoms with Gasteiger partial charge >= 0.3 is 0 Å². The molecule has 0 aromatic rings. The van der Waals surface area contributed by atoms with Gasteiger partial charge in [-0.3, -0.25) is 0 Å². The topological polar surface area (TPSA) is 15.3 Å². The molecule has 0 amide bonds. The number of hydrogen-bond donors (Lipinski definition) is 1. The molecule has 1 rings (SSSR count). The highest BCUT2D eigenvalue weighted by molar-refractivity contribution is 7.99. The summed E-state index contributed by atoms with van der Waals surface area (Å²) in [5, 5.41) is 3.52. The van der Waals surface area contributed by atoms with Gasteiger partial charge in [0.1, 0.15) is 0 Å². The smallest absolute Gasteiger partial charge is 0.0107 e. The first-order chi connectivity index (χ1) is 6.93. The Morgan fingerprint density at radius 1 is 1.14 bits per heavy atom. The standard InChI is InChI=1S/C11H24N2S/c1-2-3-4-5-12-6-7-13-8-10-14-11-9-13/h12H,2-11H2,1H3. The van der Waals surface area contributed by atoms with Crippen LogP contribution in [0.2, 0.25) is 0 Å². The molecule has 2 nitrogen and oxygen atoms in total. The summed E-state index contributed by atoms with van der Waals surface area (Å²) in [6.07, 6.45) is 4.03. The second-order valence-corrected chi connectivity index (χ2v) is 5.14. The summed E-state index contributed by atoms with van der Waals surface area (Å²) in [5.74, 6) is 2.66. The molecule has 3 heteroatoms. The zero-order valence-electron chi connectivity index (χ0n) is 9.43. The Balaban J connectivity index is 1.82. The number of hydrogen-bond acceptors (Lipinski definition) is 3. The average Bonchev–Trinajstić information content (AvgIpc) is 2.25. The molecule has 1 fully saturated rings. The van der Waals surface area contributed by atoms with Crippen molar-refractivity contribution >= 4 is 11.8 Å². The molecule has 0 bridgehead atoms. The summed E-state index contributed by atoms with van der Waals surface area (Å²) in [6.45, 7) is 8.46. The van der Waals surface area contributed by atoms with Gasteiger partial charge < -0.3 is 10.2 Å².